The van der Waals surface area contributed by atoms with Crippen LogP contribution >= 0.6 is 0 Å². The molecule has 0 aliphatic rings. The van der Waals surface area contributed by atoms with Gasteiger partial charge in [-0.3, -0.25) is 9.59 Å². The normalized spacial score (nSPS) is 12.6. The van der Waals surface area contributed by atoms with E-state index in [-0.39, 0.29) is 12.1 Å². The number of benzene rings is 2. The standard InChI is InChI=1S/C23H21N5O3/c1-27(2)11-10-23(31,15-29)9-8-16-4-3-5-18(12-16)28-20-13-17(14-24)6-7-19(20)21(26-28)22(25)30/h3-7,12-13,15,31H,10-11H2,1-2H3,(H2,25,30)/t23-/m0/s1. The lowest BCUT2D eigenvalue weighted by atomic mass is 10.0. The third-order valence-corrected chi connectivity index (χ3v) is 4.69. The first-order valence-corrected chi connectivity index (χ1v) is 9.46. The molecular weight excluding hydrogens is 394 g/mol. The van der Waals surface area contributed by atoms with E-state index in [1.165, 1.54) is 4.68 Å². The predicted octanol–water partition coefficient (Wildman–Crippen LogP) is 1.23. The summed E-state index contributed by atoms with van der Waals surface area (Å²) < 4.78 is 1.51. The van der Waals surface area contributed by atoms with Crippen LogP contribution in [0.25, 0.3) is 16.6 Å². The highest BCUT2D eigenvalue weighted by Crippen LogP contribution is 2.24. The summed E-state index contributed by atoms with van der Waals surface area (Å²) in [5.74, 6) is 4.80. The summed E-state index contributed by atoms with van der Waals surface area (Å²) >= 11 is 0. The molecule has 1 amide bonds. The van der Waals surface area contributed by atoms with Crippen molar-refractivity contribution in [3.8, 4) is 23.6 Å². The van der Waals surface area contributed by atoms with Crippen molar-refractivity contribution in [2.24, 2.45) is 5.73 Å². The minimum Gasteiger partial charge on any atom is -0.371 e. The van der Waals surface area contributed by atoms with Gasteiger partial charge in [0.05, 0.1) is 22.8 Å². The van der Waals surface area contributed by atoms with E-state index in [2.05, 4.69) is 23.0 Å². The Bertz CT molecular complexity index is 1260. The van der Waals surface area contributed by atoms with Crippen LogP contribution in [0.1, 0.15) is 28.0 Å². The Labute approximate surface area is 179 Å². The van der Waals surface area contributed by atoms with Gasteiger partial charge in [-0.15, -0.1) is 0 Å². The molecule has 156 valence electrons. The molecule has 1 heterocycles. The Morgan fingerprint density at radius 3 is 2.71 bits per heavy atom. The van der Waals surface area contributed by atoms with Gasteiger partial charge in [0.25, 0.3) is 5.91 Å². The van der Waals surface area contributed by atoms with Crippen molar-refractivity contribution in [3.63, 3.8) is 0 Å². The average Bonchev–Trinajstić information content (AvgIpc) is 3.15. The van der Waals surface area contributed by atoms with E-state index in [9.17, 15) is 20.0 Å². The van der Waals surface area contributed by atoms with Crippen LogP contribution in [0.15, 0.2) is 42.5 Å². The Morgan fingerprint density at radius 2 is 2.06 bits per heavy atom. The summed E-state index contributed by atoms with van der Waals surface area (Å²) in [7, 11) is 3.68. The Morgan fingerprint density at radius 1 is 1.29 bits per heavy atom. The second kappa shape index (κ2) is 8.80. The van der Waals surface area contributed by atoms with Gasteiger partial charge in [0, 0.05) is 23.9 Å². The molecule has 0 saturated heterocycles. The van der Waals surface area contributed by atoms with E-state index in [1.54, 1.807) is 42.5 Å². The predicted molar refractivity (Wildman–Crippen MR) is 115 cm³/mol. The molecule has 0 aliphatic heterocycles. The lowest BCUT2D eigenvalue weighted by molar-refractivity contribution is -0.119. The van der Waals surface area contributed by atoms with E-state index in [1.807, 2.05) is 19.0 Å². The SMILES string of the molecule is CN(C)CC[C@@](O)(C#Cc1cccc(-n2nc(C(N)=O)c3ccc(C#N)cc32)c1)C=O. The maximum Gasteiger partial charge on any atom is 0.269 e. The number of nitriles is 1. The monoisotopic (exact) mass is 415 g/mol. The molecule has 0 saturated carbocycles. The van der Waals surface area contributed by atoms with Gasteiger partial charge in [-0.1, -0.05) is 17.9 Å². The molecule has 31 heavy (non-hydrogen) atoms. The average molecular weight is 415 g/mol. The maximum atomic E-state index is 11.8. The van der Waals surface area contributed by atoms with Gasteiger partial charge in [-0.2, -0.15) is 10.4 Å². The zero-order chi connectivity index (χ0) is 22.6. The maximum absolute atomic E-state index is 11.8. The first-order chi connectivity index (χ1) is 14.8. The third-order valence-electron chi connectivity index (χ3n) is 4.69. The van der Waals surface area contributed by atoms with Crippen LogP contribution in [-0.2, 0) is 4.79 Å². The van der Waals surface area contributed by atoms with Gasteiger partial charge in [-0.25, -0.2) is 4.68 Å². The largest absolute Gasteiger partial charge is 0.371 e. The Balaban J connectivity index is 2.05. The number of aliphatic hydroxyl groups is 1. The molecule has 3 aromatic rings. The first-order valence-electron chi connectivity index (χ1n) is 9.46. The van der Waals surface area contributed by atoms with Crippen LogP contribution in [0.4, 0.5) is 0 Å². The number of fused-ring (bicyclic) bond motifs is 1. The number of aldehydes is 1. The lowest BCUT2D eigenvalue weighted by Gasteiger charge is -2.17. The molecule has 0 radical (unpaired) electrons. The summed E-state index contributed by atoms with van der Waals surface area (Å²) in [5.41, 5.74) is 5.90. The number of amides is 1. The van der Waals surface area contributed by atoms with Crippen LogP contribution in [0.5, 0.6) is 0 Å². The molecule has 0 aliphatic carbocycles. The molecule has 1 aromatic heterocycles. The molecule has 0 fully saturated rings. The number of nitrogens with zero attached hydrogens (tertiary/aromatic N) is 4. The van der Waals surface area contributed by atoms with Crippen molar-refractivity contribution in [3.05, 3.63) is 59.3 Å². The summed E-state index contributed by atoms with van der Waals surface area (Å²) in [6, 6.07) is 13.9. The minimum atomic E-state index is -1.75. The quantitative estimate of drug-likeness (QED) is 0.461. The molecule has 0 bridgehead atoms. The Hall–Kier alpha value is -3.98. The van der Waals surface area contributed by atoms with Gasteiger partial charge < -0.3 is 15.7 Å². The Kier molecular flexibility index (Phi) is 6.17. The fourth-order valence-corrected chi connectivity index (χ4v) is 3.00. The molecule has 1 atom stereocenters. The number of carbonyl (C=O) groups is 2. The third kappa shape index (κ3) is 4.78. The number of aromatic nitrogens is 2. The van der Waals surface area contributed by atoms with E-state index >= 15 is 0 Å². The lowest BCUT2D eigenvalue weighted by Crippen LogP contribution is -2.33. The van der Waals surface area contributed by atoms with Gasteiger partial charge in [0.1, 0.15) is 0 Å². The molecule has 3 rings (SSSR count). The van der Waals surface area contributed by atoms with Crippen molar-refractivity contribution in [1.82, 2.24) is 14.7 Å². The molecule has 0 unspecified atom stereocenters. The van der Waals surface area contributed by atoms with Crippen LogP contribution < -0.4 is 5.73 Å². The number of rotatable bonds is 6. The van der Waals surface area contributed by atoms with Crippen LogP contribution in [0.3, 0.4) is 0 Å². The number of hydrogen-bond acceptors (Lipinski definition) is 6. The second-order valence-electron chi connectivity index (χ2n) is 7.36. The van der Waals surface area contributed by atoms with Gasteiger partial charge in [0.15, 0.2) is 17.6 Å². The topological polar surface area (TPSA) is 125 Å². The van der Waals surface area contributed by atoms with E-state index in [0.29, 0.717) is 40.5 Å². The molecule has 3 N–H and O–H groups in total. The molecule has 8 heteroatoms. The van der Waals surface area contributed by atoms with Crippen molar-refractivity contribution >= 4 is 23.1 Å². The molecule has 2 aromatic carbocycles. The summed E-state index contributed by atoms with van der Waals surface area (Å²) in [4.78, 5) is 25.1. The van der Waals surface area contributed by atoms with Crippen molar-refractivity contribution in [2.45, 2.75) is 12.0 Å². The van der Waals surface area contributed by atoms with Crippen LogP contribution in [0.2, 0.25) is 0 Å². The van der Waals surface area contributed by atoms with Crippen LogP contribution in [-0.4, -0.2) is 58.2 Å². The summed E-state index contributed by atoms with van der Waals surface area (Å²) in [5, 5.41) is 24.5. The van der Waals surface area contributed by atoms with E-state index < -0.39 is 11.5 Å². The summed E-state index contributed by atoms with van der Waals surface area (Å²) in [6.45, 7) is 0.500. The highest BCUT2D eigenvalue weighted by Gasteiger charge is 2.23. The minimum absolute atomic E-state index is 0.0926. The van der Waals surface area contributed by atoms with Gasteiger partial charge in [0.2, 0.25) is 0 Å². The van der Waals surface area contributed by atoms with Gasteiger partial charge >= 0.3 is 0 Å². The summed E-state index contributed by atoms with van der Waals surface area (Å²) in [6.07, 6.45) is 0.621. The highest BCUT2D eigenvalue weighted by molar-refractivity contribution is 6.04. The zero-order valence-electron chi connectivity index (χ0n) is 17.2. The second-order valence-corrected chi connectivity index (χ2v) is 7.36. The fourth-order valence-electron chi connectivity index (χ4n) is 3.00. The van der Waals surface area contributed by atoms with Gasteiger partial charge in [-0.05, 0) is 50.5 Å². The fraction of sp³-hybridized carbons (Fsp3) is 0.217. The number of nitrogens with two attached hydrogens (primary N) is 1. The number of hydrogen-bond donors (Lipinski definition) is 2. The smallest absolute Gasteiger partial charge is 0.269 e. The van der Waals surface area contributed by atoms with Crippen LogP contribution in [0, 0.1) is 23.2 Å². The number of carbonyl (C=O) groups excluding carboxylic acids is 2. The number of primary amides is 1. The van der Waals surface area contributed by atoms with E-state index in [0.717, 1.165) is 0 Å². The first kappa shape index (κ1) is 21.7. The molecule has 8 nitrogen and oxygen atoms in total. The zero-order valence-corrected chi connectivity index (χ0v) is 17.2. The van der Waals surface area contributed by atoms with Crippen molar-refractivity contribution in [2.75, 3.05) is 20.6 Å². The van der Waals surface area contributed by atoms with E-state index in [4.69, 9.17) is 5.73 Å². The molecular formula is C23H21N5O3. The highest BCUT2D eigenvalue weighted by atomic mass is 16.3. The van der Waals surface area contributed by atoms with Crippen molar-refractivity contribution < 1.29 is 14.7 Å². The molecule has 0 spiro atoms. The van der Waals surface area contributed by atoms with Crippen molar-refractivity contribution in [1.29, 1.82) is 5.26 Å².